The smallest absolute Gasteiger partial charge is 0.280 e. The number of hydrogen-bond acceptors (Lipinski definition) is 3. The van der Waals surface area contributed by atoms with Crippen LogP contribution in [0.15, 0.2) is 0 Å². The van der Waals surface area contributed by atoms with Crippen molar-refractivity contribution in [1.29, 1.82) is 5.26 Å². The topological polar surface area (TPSA) is 57.3 Å². The van der Waals surface area contributed by atoms with Crippen LogP contribution >= 0.6 is 11.3 Å². The SMILES string of the molecule is N#Cc1c(NC(=O)C[NH+]2CCC[C@@H]3CCCC[C@H]32)sc2c1CCC2. The number of fused-ring (bicyclic) bond motifs is 2. The van der Waals surface area contributed by atoms with Gasteiger partial charge in [-0.05, 0) is 56.9 Å². The highest BCUT2D eigenvalue weighted by Crippen LogP contribution is 2.38. The van der Waals surface area contributed by atoms with Crippen molar-refractivity contribution in [1.82, 2.24) is 0 Å². The van der Waals surface area contributed by atoms with Crippen molar-refractivity contribution >= 4 is 22.2 Å². The van der Waals surface area contributed by atoms with Gasteiger partial charge in [-0.2, -0.15) is 5.26 Å². The summed E-state index contributed by atoms with van der Waals surface area (Å²) in [6.07, 6.45) is 11.1. The van der Waals surface area contributed by atoms with Gasteiger partial charge in [0.25, 0.3) is 5.91 Å². The molecule has 1 aliphatic heterocycles. The van der Waals surface area contributed by atoms with E-state index < -0.39 is 0 Å². The molecule has 1 aromatic heterocycles. The molecule has 4 rings (SSSR count). The predicted molar refractivity (Wildman–Crippen MR) is 95.4 cm³/mol. The minimum absolute atomic E-state index is 0.0904. The molecule has 4 nitrogen and oxygen atoms in total. The summed E-state index contributed by atoms with van der Waals surface area (Å²) in [5.41, 5.74) is 1.92. The Kier molecular flexibility index (Phi) is 4.60. The lowest BCUT2D eigenvalue weighted by Gasteiger charge is -2.40. The van der Waals surface area contributed by atoms with Crippen molar-refractivity contribution in [3.05, 3.63) is 16.0 Å². The van der Waals surface area contributed by atoms with Gasteiger partial charge in [-0.25, -0.2) is 0 Å². The van der Waals surface area contributed by atoms with Gasteiger partial charge in [0.05, 0.1) is 18.2 Å². The fourth-order valence-electron chi connectivity index (χ4n) is 5.07. The number of piperidine rings is 1. The number of quaternary nitrogens is 1. The molecule has 3 aliphatic rings. The molecule has 1 unspecified atom stereocenters. The van der Waals surface area contributed by atoms with Crippen molar-refractivity contribution in [2.75, 3.05) is 18.4 Å². The molecule has 5 heteroatoms. The van der Waals surface area contributed by atoms with Crippen LogP contribution in [0.25, 0.3) is 0 Å². The average molecular weight is 345 g/mol. The fourth-order valence-corrected chi connectivity index (χ4v) is 6.33. The molecule has 2 aliphatic carbocycles. The number of carbonyl (C=O) groups excluding carboxylic acids is 1. The maximum atomic E-state index is 12.6. The van der Waals surface area contributed by atoms with Crippen molar-refractivity contribution in [2.45, 2.75) is 63.8 Å². The second-order valence-corrected chi connectivity index (χ2v) is 8.70. The fraction of sp³-hybridized carbons (Fsp3) is 0.684. The number of likely N-dealkylation sites (tertiary alicyclic amines) is 1. The molecule has 128 valence electrons. The van der Waals surface area contributed by atoms with E-state index in [9.17, 15) is 10.1 Å². The largest absolute Gasteiger partial charge is 0.324 e. The normalized spacial score (nSPS) is 28.7. The molecule has 3 atom stereocenters. The predicted octanol–water partition coefficient (Wildman–Crippen LogP) is 2.28. The highest BCUT2D eigenvalue weighted by Gasteiger charge is 2.37. The summed E-state index contributed by atoms with van der Waals surface area (Å²) >= 11 is 1.62. The summed E-state index contributed by atoms with van der Waals surface area (Å²) in [4.78, 5) is 15.4. The maximum absolute atomic E-state index is 12.6. The van der Waals surface area contributed by atoms with Gasteiger partial charge in [0.15, 0.2) is 6.54 Å². The van der Waals surface area contributed by atoms with Crippen LogP contribution in [0.4, 0.5) is 5.00 Å². The minimum Gasteiger partial charge on any atom is -0.324 e. The molecule has 1 saturated carbocycles. The summed E-state index contributed by atoms with van der Waals surface area (Å²) in [6.45, 7) is 1.69. The molecule has 1 saturated heterocycles. The van der Waals surface area contributed by atoms with Crippen LogP contribution in [0.2, 0.25) is 0 Å². The number of nitrogens with zero attached hydrogens (tertiary/aromatic N) is 1. The molecule has 0 spiro atoms. The van der Waals surface area contributed by atoms with E-state index in [1.54, 1.807) is 11.3 Å². The third-order valence-electron chi connectivity index (χ3n) is 6.18. The van der Waals surface area contributed by atoms with Crippen LogP contribution in [-0.4, -0.2) is 25.0 Å². The first kappa shape index (κ1) is 16.1. The third-order valence-corrected chi connectivity index (χ3v) is 7.39. The average Bonchev–Trinajstić information content (AvgIpc) is 3.15. The molecular weight excluding hydrogens is 318 g/mol. The van der Waals surface area contributed by atoms with Crippen molar-refractivity contribution < 1.29 is 9.69 Å². The lowest BCUT2D eigenvalue weighted by molar-refractivity contribution is -0.928. The Morgan fingerprint density at radius 1 is 1.21 bits per heavy atom. The molecule has 2 heterocycles. The standard InChI is InChI=1S/C19H25N3OS/c20-11-15-14-7-3-9-17(14)24-19(15)21-18(23)12-22-10-4-6-13-5-1-2-8-16(13)22/h13,16H,1-10,12H2,(H,21,23)/p+1/t13-,16+/m0/s1. The zero-order valence-electron chi connectivity index (χ0n) is 14.2. The number of aryl methyl sites for hydroxylation is 1. The Balaban J connectivity index is 1.43. The molecule has 0 bridgehead atoms. The zero-order chi connectivity index (χ0) is 16.5. The van der Waals surface area contributed by atoms with Gasteiger partial charge >= 0.3 is 0 Å². The number of hydrogen-bond donors (Lipinski definition) is 2. The van der Waals surface area contributed by atoms with Crippen LogP contribution < -0.4 is 10.2 Å². The summed E-state index contributed by atoms with van der Waals surface area (Å²) in [5.74, 6) is 0.920. The lowest BCUT2D eigenvalue weighted by Crippen LogP contribution is -3.18. The second kappa shape index (κ2) is 6.85. The summed E-state index contributed by atoms with van der Waals surface area (Å²) < 4.78 is 0. The first-order valence-corrected chi connectivity index (χ1v) is 10.3. The van der Waals surface area contributed by atoms with E-state index in [1.807, 2.05) is 0 Å². The van der Waals surface area contributed by atoms with E-state index in [2.05, 4.69) is 11.4 Å². The number of amides is 1. The maximum Gasteiger partial charge on any atom is 0.280 e. The number of nitriles is 1. The molecule has 2 N–H and O–H groups in total. The number of anilines is 1. The summed E-state index contributed by atoms with van der Waals surface area (Å²) in [6, 6.07) is 3.00. The van der Waals surface area contributed by atoms with Crippen molar-refractivity contribution in [3.8, 4) is 6.07 Å². The quantitative estimate of drug-likeness (QED) is 0.884. The van der Waals surface area contributed by atoms with Crippen LogP contribution in [0.5, 0.6) is 0 Å². The Morgan fingerprint density at radius 3 is 2.92 bits per heavy atom. The number of thiophene rings is 1. The number of carbonyl (C=O) groups is 1. The number of nitrogens with one attached hydrogen (secondary N) is 2. The lowest BCUT2D eigenvalue weighted by atomic mass is 9.78. The summed E-state index contributed by atoms with van der Waals surface area (Å²) in [5, 5.41) is 13.3. The zero-order valence-corrected chi connectivity index (χ0v) is 15.0. The molecule has 1 aromatic rings. The van der Waals surface area contributed by atoms with Crippen LogP contribution in [0.3, 0.4) is 0 Å². The molecule has 0 aromatic carbocycles. The Hall–Kier alpha value is -1.38. The monoisotopic (exact) mass is 344 g/mol. The Labute approximate surface area is 147 Å². The van der Waals surface area contributed by atoms with Gasteiger partial charge in [-0.1, -0.05) is 6.42 Å². The first-order chi connectivity index (χ1) is 11.8. The second-order valence-electron chi connectivity index (χ2n) is 7.60. The minimum atomic E-state index is 0.0904. The van der Waals surface area contributed by atoms with Crippen molar-refractivity contribution in [2.24, 2.45) is 5.92 Å². The van der Waals surface area contributed by atoms with E-state index in [0.29, 0.717) is 12.6 Å². The van der Waals surface area contributed by atoms with Gasteiger partial charge in [-0.15, -0.1) is 11.3 Å². The molecule has 2 fully saturated rings. The van der Waals surface area contributed by atoms with E-state index in [-0.39, 0.29) is 5.91 Å². The van der Waals surface area contributed by atoms with E-state index >= 15 is 0 Å². The molecule has 0 radical (unpaired) electrons. The van der Waals surface area contributed by atoms with Gasteiger partial charge in [0.1, 0.15) is 11.1 Å². The van der Waals surface area contributed by atoms with E-state index in [1.165, 1.54) is 53.9 Å². The third kappa shape index (κ3) is 2.98. The Morgan fingerprint density at radius 2 is 2.04 bits per heavy atom. The first-order valence-electron chi connectivity index (χ1n) is 9.45. The van der Waals surface area contributed by atoms with Crippen LogP contribution in [0.1, 0.15) is 60.9 Å². The highest BCUT2D eigenvalue weighted by atomic mass is 32.1. The number of rotatable bonds is 3. The van der Waals surface area contributed by atoms with Gasteiger partial charge in [-0.3, -0.25) is 4.79 Å². The molecular formula is C19H26N3OS+. The molecule has 24 heavy (non-hydrogen) atoms. The van der Waals surface area contributed by atoms with Crippen LogP contribution in [0, 0.1) is 17.2 Å². The van der Waals surface area contributed by atoms with Gasteiger partial charge in [0.2, 0.25) is 0 Å². The molecule has 1 amide bonds. The Bertz CT molecular complexity index is 673. The van der Waals surface area contributed by atoms with Crippen molar-refractivity contribution in [3.63, 3.8) is 0 Å². The highest BCUT2D eigenvalue weighted by molar-refractivity contribution is 7.16. The van der Waals surface area contributed by atoms with E-state index in [0.717, 1.165) is 42.3 Å². The van der Waals surface area contributed by atoms with E-state index in [4.69, 9.17) is 0 Å². The van der Waals surface area contributed by atoms with Crippen LogP contribution in [-0.2, 0) is 17.6 Å². The van der Waals surface area contributed by atoms with Gasteiger partial charge < -0.3 is 10.2 Å². The van der Waals surface area contributed by atoms with Gasteiger partial charge in [0, 0.05) is 10.8 Å². The summed E-state index contributed by atoms with van der Waals surface area (Å²) in [7, 11) is 0.